The fourth-order valence-corrected chi connectivity index (χ4v) is 2.68. The van der Waals surface area contributed by atoms with Crippen molar-refractivity contribution in [3.05, 3.63) is 68.5 Å². The van der Waals surface area contributed by atoms with Crippen LogP contribution in [-0.4, -0.2) is 16.2 Å². The van der Waals surface area contributed by atoms with Gasteiger partial charge < -0.3 is 4.74 Å². The summed E-state index contributed by atoms with van der Waals surface area (Å²) in [5, 5.41) is 9.13. The fourth-order valence-electron chi connectivity index (χ4n) is 2.68. The van der Waals surface area contributed by atoms with Crippen molar-refractivity contribution < 1.29 is 4.74 Å². The van der Waals surface area contributed by atoms with Gasteiger partial charge in [0.05, 0.1) is 7.11 Å². The molecule has 1 aromatic heterocycles. The van der Waals surface area contributed by atoms with E-state index in [9.17, 15) is 9.59 Å². The van der Waals surface area contributed by atoms with Gasteiger partial charge in [0.25, 0.3) is 5.56 Å². The highest BCUT2D eigenvalue weighted by Crippen LogP contribution is 2.33. The molecule has 0 saturated heterocycles. The van der Waals surface area contributed by atoms with Gasteiger partial charge in [0.15, 0.2) is 0 Å². The second-order valence-corrected chi connectivity index (χ2v) is 6.00. The molecule has 0 aliphatic heterocycles. The van der Waals surface area contributed by atoms with Crippen molar-refractivity contribution in [3.63, 3.8) is 0 Å². The molecule has 0 amide bonds. The summed E-state index contributed by atoms with van der Waals surface area (Å²) in [6.07, 6.45) is 7.57. The molecule has 1 fully saturated rings. The molecule has 6 heteroatoms. The molecule has 1 aromatic carbocycles. The van der Waals surface area contributed by atoms with Gasteiger partial charge in [-0.25, -0.2) is 4.79 Å². The first-order chi connectivity index (χ1) is 12.1. The van der Waals surface area contributed by atoms with Gasteiger partial charge in [-0.15, -0.1) is 0 Å². The highest BCUT2D eigenvalue weighted by molar-refractivity contribution is 5.51. The maximum Gasteiger partial charge on any atom is 0.331 e. The number of hydrogen-bond acceptors (Lipinski definition) is 4. The van der Waals surface area contributed by atoms with Crippen LogP contribution < -0.4 is 16.0 Å². The third kappa shape index (κ3) is 3.72. The van der Waals surface area contributed by atoms with Crippen LogP contribution in [0.1, 0.15) is 36.4 Å². The molecule has 25 heavy (non-hydrogen) atoms. The van der Waals surface area contributed by atoms with Crippen molar-refractivity contribution in [1.29, 1.82) is 5.26 Å². The summed E-state index contributed by atoms with van der Waals surface area (Å²) >= 11 is 0. The molecule has 1 aliphatic rings. The summed E-state index contributed by atoms with van der Waals surface area (Å²) in [4.78, 5) is 24.7. The number of methoxy groups -OCH3 is 1. The SMILES string of the molecule is COc1cccc(C=CCCn2c(=O)c(C#N)cn(C3CC3)c2=O)c1. The summed E-state index contributed by atoms with van der Waals surface area (Å²) in [6.45, 7) is 0.250. The van der Waals surface area contributed by atoms with Gasteiger partial charge in [0, 0.05) is 18.8 Å². The average molecular weight is 337 g/mol. The van der Waals surface area contributed by atoms with Crippen LogP contribution in [0.5, 0.6) is 5.75 Å². The summed E-state index contributed by atoms with van der Waals surface area (Å²) in [5.74, 6) is 0.771. The standard InChI is InChI=1S/C19H19N3O3/c1-25-17-7-4-6-14(11-17)5-2-3-10-21-18(23)15(12-20)13-22(19(21)24)16-8-9-16/h2,4-7,11,13,16H,3,8-10H2,1H3. The van der Waals surface area contributed by atoms with E-state index in [2.05, 4.69) is 0 Å². The van der Waals surface area contributed by atoms with Crippen LogP contribution in [0.3, 0.4) is 0 Å². The Kier molecular flexibility index (Phi) is 4.85. The summed E-state index contributed by atoms with van der Waals surface area (Å²) in [5.41, 5.74) is 0.150. The van der Waals surface area contributed by atoms with Gasteiger partial charge in [-0.1, -0.05) is 24.3 Å². The minimum absolute atomic E-state index is 0.0169. The van der Waals surface area contributed by atoms with Crippen LogP contribution >= 0.6 is 0 Å². The van der Waals surface area contributed by atoms with E-state index in [0.29, 0.717) is 6.42 Å². The zero-order valence-electron chi connectivity index (χ0n) is 14.0. The van der Waals surface area contributed by atoms with Gasteiger partial charge in [-0.2, -0.15) is 5.26 Å². The third-order valence-corrected chi connectivity index (χ3v) is 4.18. The molecule has 2 aromatic rings. The first-order valence-electron chi connectivity index (χ1n) is 8.20. The van der Waals surface area contributed by atoms with Gasteiger partial charge >= 0.3 is 5.69 Å². The number of hydrogen-bond donors (Lipinski definition) is 0. The molecule has 3 rings (SSSR count). The van der Waals surface area contributed by atoms with Gasteiger partial charge in [-0.3, -0.25) is 13.9 Å². The van der Waals surface area contributed by atoms with E-state index in [4.69, 9.17) is 10.00 Å². The third-order valence-electron chi connectivity index (χ3n) is 4.18. The molecule has 0 radical (unpaired) electrons. The summed E-state index contributed by atoms with van der Waals surface area (Å²) < 4.78 is 7.85. The Balaban J connectivity index is 1.78. The number of allylic oxidation sites excluding steroid dienone is 1. The second kappa shape index (κ2) is 7.22. The predicted molar refractivity (Wildman–Crippen MR) is 94.6 cm³/mol. The quantitative estimate of drug-likeness (QED) is 0.810. The molecule has 0 bridgehead atoms. The summed E-state index contributed by atoms with van der Waals surface area (Å²) in [6, 6.07) is 9.62. The van der Waals surface area contributed by atoms with Crippen molar-refractivity contribution >= 4 is 6.08 Å². The number of aromatic nitrogens is 2. The van der Waals surface area contributed by atoms with Crippen molar-refractivity contribution in [2.45, 2.75) is 31.8 Å². The molecule has 0 unspecified atom stereocenters. The smallest absolute Gasteiger partial charge is 0.331 e. The van der Waals surface area contributed by atoms with Crippen LogP contribution in [-0.2, 0) is 6.54 Å². The minimum atomic E-state index is -0.515. The molecule has 0 spiro atoms. The molecule has 128 valence electrons. The van der Waals surface area contributed by atoms with Crippen molar-refractivity contribution in [2.24, 2.45) is 0 Å². The molecule has 0 atom stereocenters. The lowest BCUT2D eigenvalue weighted by Crippen LogP contribution is -2.40. The fraction of sp³-hybridized carbons (Fsp3) is 0.316. The van der Waals surface area contributed by atoms with Crippen LogP contribution in [0.2, 0.25) is 0 Å². The van der Waals surface area contributed by atoms with Crippen LogP contribution in [0.4, 0.5) is 0 Å². The molecule has 0 N–H and O–H groups in total. The van der Waals surface area contributed by atoms with E-state index in [1.54, 1.807) is 7.11 Å². The zero-order chi connectivity index (χ0) is 17.8. The van der Waals surface area contributed by atoms with Crippen molar-refractivity contribution in [1.82, 2.24) is 9.13 Å². The van der Waals surface area contributed by atoms with E-state index in [0.717, 1.165) is 28.7 Å². The monoisotopic (exact) mass is 337 g/mol. The largest absolute Gasteiger partial charge is 0.497 e. The van der Waals surface area contributed by atoms with Crippen LogP contribution in [0, 0.1) is 11.3 Å². The van der Waals surface area contributed by atoms with E-state index in [1.807, 2.05) is 42.5 Å². The lowest BCUT2D eigenvalue weighted by molar-refractivity contribution is 0.414. The Hall–Kier alpha value is -3.07. The predicted octanol–water partition coefficient (Wildman–Crippen LogP) is 2.33. The van der Waals surface area contributed by atoms with Crippen LogP contribution in [0.15, 0.2) is 46.1 Å². The molecule has 1 heterocycles. The van der Waals surface area contributed by atoms with Gasteiger partial charge in [0.2, 0.25) is 0 Å². The number of ether oxygens (including phenoxy) is 1. The van der Waals surface area contributed by atoms with E-state index >= 15 is 0 Å². The maximum atomic E-state index is 12.5. The highest BCUT2D eigenvalue weighted by atomic mass is 16.5. The van der Waals surface area contributed by atoms with Crippen molar-refractivity contribution in [2.75, 3.05) is 7.11 Å². The molecule has 1 aliphatic carbocycles. The first-order valence-corrected chi connectivity index (χ1v) is 8.20. The van der Waals surface area contributed by atoms with E-state index in [1.165, 1.54) is 10.8 Å². The Labute approximate surface area is 145 Å². The van der Waals surface area contributed by atoms with Crippen LogP contribution in [0.25, 0.3) is 6.08 Å². The first kappa shape index (κ1) is 16.8. The Morgan fingerprint density at radius 3 is 2.84 bits per heavy atom. The van der Waals surface area contributed by atoms with Gasteiger partial charge in [0.1, 0.15) is 17.4 Å². The van der Waals surface area contributed by atoms with Crippen molar-refractivity contribution in [3.8, 4) is 11.8 Å². The molecule has 6 nitrogen and oxygen atoms in total. The average Bonchev–Trinajstić information content (AvgIpc) is 3.46. The van der Waals surface area contributed by atoms with Gasteiger partial charge in [-0.05, 0) is 37.0 Å². The molecular weight excluding hydrogens is 318 g/mol. The summed E-state index contributed by atoms with van der Waals surface area (Å²) in [7, 11) is 1.61. The zero-order valence-corrected chi connectivity index (χ0v) is 14.0. The maximum absolute atomic E-state index is 12.5. The normalized spacial score (nSPS) is 13.8. The lowest BCUT2D eigenvalue weighted by atomic mass is 10.2. The number of benzene rings is 1. The number of nitrogens with zero attached hydrogens (tertiary/aromatic N) is 3. The number of rotatable bonds is 6. The molecular formula is C19H19N3O3. The Morgan fingerprint density at radius 2 is 2.16 bits per heavy atom. The van der Waals surface area contributed by atoms with E-state index < -0.39 is 5.56 Å². The Bertz CT molecular complexity index is 959. The topological polar surface area (TPSA) is 77.0 Å². The number of nitriles is 1. The Morgan fingerprint density at radius 1 is 1.36 bits per heavy atom. The second-order valence-electron chi connectivity index (χ2n) is 6.00. The lowest BCUT2D eigenvalue weighted by Gasteiger charge is -2.09. The minimum Gasteiger partial charge on any atom is -0.497 e. The molecule has 1 saturated carbocycles. The highest BCUT2D eigenvalue weighted by Gasteiger charge is 2.26. The van der Waals surface area contributed by atoms with E-state index in [-0.39, 0.29) is 23.8 Å².